The number of carbonyl (C=O) groups is 3. The highest BCUT2D eigenvalue weighted by Gasteiger charge is 2.20. The summed E-state index contributed by atoms with van der Waals surface area (Å²) in [4.78, 5) is 31.9. The Kier molecular flexibility index (Phi) is 5.28. The van der Waals surface area contributed by atoms with Crippen molar-refractivity contribution in [2.45, 2.75) is 25.8 Å². The first-order valence-corrected chi connectivity index (χ1v) is 4.04. The van der Waals surface area contributed by atoms with E-state index >= 15 is 0 Å². The number of aliphatic carboxylic acids is 1. The molecule has 1 atom stereocenters. The molecular weight excluding hydrogens is 190 g/mol. The minimum atomic E-state index is -1.02. The second kappa shape index (κ2) is 5.95. The number of carboxylic acid groups (broad SMARTS) is 1. The van der Waals surface area contributed by atoms with Gasteiger partial charge in [0.2, 0.25) is 5.91 Å². The van der Waals surface area contributed by atoms with Gasteiger partial charge in [-0.1, -0.05) is 0 Å². The Morgan fingerprint density at radius 3 is 2.36 bits per heavy atom. The molecule has 1 amide bonds. The monoisotopic (exact) mass is 203 g/mol. The van der Waals surface area contributed by atoms with Gasteiger partial charge < -0.3 is 15.2 Å². The van der Waals surface area contributed by atoms with Crippen LogP contribution in [0.15, 0.2) is 0 Å². The predicted molar refractivity (Wildman–Crippen MR) is 46.5 cm³/mol. The molecule has 0 radical (unpaired) electrons. The Hall–Kier alpha value is -1.59. The summed E-state index contributed by atoms with van der Waals surface area (Å²) in [5.74, 6) is -2.06. The summed E-state index contributed by atoms with van der Waals surface area (Å²) in [5.41, 5.74) is 0. The Bertz CT molecular complexity index is 238. The molecule has 0 aromatic rings. The minimum Gasteiger partial charge on any atom is -0.481 e. The number of hydrogen-bond donors (Lipinski definition) is 2. The molecule has 0 heterocycles. The van der Waals surface area contributed by atoms with Crippen molar-refractivity contribution in [2.24, 2.45) is 0 Å². The second-order valence-electron chi connectivity index (χ2n) is 2.71. The van der Waals surface area contributed by atoms with E-state index in [1.165, 1.54) is 14.0 Å². The molecule has 0 rings (SSSR count). The molecule has 2 N–H and O–H groups in total. The summed E-state index contributed by atoms with van der Waals surface area (Å²) in [6.07, 6.45) is -0.165. The number of rotatable bonds is 5. The van der Waals surface area contributed by atoms with Crippen molar-refractivity contribution >= 4 is 17.8 Å². The third-order valence-electron chi connectivity index (χ3n) is 1.51. The zero-order valence-electron chi connectivity index (χ0n) is 8.07. The average molecular weight is 203 g/mol. The summed E-state index contributed by atoms with van der Waals surface area (Å²) in [7, 11) is 1.18. The van der Waals surface area contributed by atoms with Gasteiger partial charge in [-0.3, -0.25) is 9.59 Å². The van der Waals surface area contributed by atoms with Crippen LogP contribution in [-0.4, -0.2) is 36.1 Å². The van der Waals surface area contributed by atoms with E-state index in [0.717, 1.165) is 0 Å². The van der Waals surface area contributed by atoms with Gasteiger partial charge in [-0.05, 0) is 6.42 Å². The van der Waals surface area contributed by atoms with E-state index in [9.17, 15) is 14.4 Å². The van der Waals surface area contributed by atoms with E-state index in [-0.39, 0.29) is 12.8 Å². The molecule has 0 fully saturated rings. The number of ether oxygens (including phenoxy) is 1. The third kappa shape index (κ3) is 5.13. The molecule has 14 heavy (non-hydrogen) atoms. The number of methoxy groups -OCH3 is 1. The van der Waals surface area contributed by atoms with E-state index in [4.69, 9.17) is 5.11 Å². The molecule has 6 nitrogen and oxygen atoms in total. The van der Waals surface area contributed by atoms with Crippen molar-refractivity contribution < 1.29 is 24.2 Å². The van der Waals surface area contributed by atoms with Gasteiger partial charge in [-0.2, -0.15) is 0 Å². The van der Waals surface area contributed by atoms with E-state index in [2.05, 4.69) is 10.1 Å². The van der Waals surface area contributed by atoms with E-state index < -0.39 is 23.9 Å². The molecule has 6 heteroatoms. The fourth-order valence-corrected chi connectivity index (χ4v) is 0.904. The highest BCUT2D eigenvalue weighted by molar-refractivity contribution is 5.83. The smallest absolute Gasteiger partial charge is 0.328 e. The number of hydrogen-bond acceptors (Lipinski definition) is 4. The normalized spacial score (nSPS) is 11.6. The number of esters is 1. The van der Waals surface area contributed by atoms with Crippen LogP contribution in [0, 0.1) is 0 Å². The fraction of sp³-hybridized carbons (Fsp3) is 0.625. The molecule has 0 aliphatic rings. The van der Waals surface area contributed by atoms with Gasteiger partial charge in [0.05, 0.1) is 7.11 Å². The van der Waals surface area contributed by atoms with Crippen LogP contribution in [0.3, 0.4) is 0 Å². The van der Waals surface area contributed by atoms with E-state index in [1.54, 1.807) is 0 Å². The van der Waals surface area contributed by atoms with Gasteiger partial charge in [0.25, 0.3) is 0 Å². The van der Waals surface area contributed by atoms with Gasteiger partial charge in [-0.25, -0.2) is 4.79 Å². The SMILES string of the molecule is COC(=O)C(CCC(=O)O)NC(C)=O. The predicted octanol–water partition coefficient (Wildman–Crippen LogP) is -0.471. The van der Waals surface area contributed by atoms with Gasteiger partial charge in [-0.15, -0.1) is 0 Å². The summed E-state index contributed by atoms with van der Waals surface area (Å²) in [6, 6.07) is -0.881. The minimum absolute atomic E-state index is 0.0294. The highest BCUT2D eigenvalue weighted by atomic mass is 16.5. The van der Waals surface area contributed by atoms with E-state index in [1.807, 2.05) is 0 Å². The second-order valence-corrected chi connectivity index (χ2v) is 2.71. The first-order valence-electron chi connectivity index (χ1n) is 4.04. The van der Waals surface area contributed by atoms with Crippen LogP contribution in [0.4, 0.5) is 0 Å². The Morgan fingerprint density at radius 2 is 2.00 bits per heavy atom. The summed E-state index contributed by atoms with van der Waals surface area (Å²) in [5, 5.41) is 10.7. The lowest BCUT2D eigenvalue weighted by Crippen LogP contribution is -2.40. The Morgan fingerprint density at radius 1 is 1.43 bits per heavy atom. The number of amides is 1. The lowest BCUT2D eigenvalue weighted by molar-refractivity contribution is -0.145. The van der Waals surface area contributed by atoms with Gasteiger partial charge in [0.15, 0.2) is 0 Å². The lowest BCUT2D eigenvalue weighted by Gasteiger charge is -2.13. The molecule has 0 aromatic carbocycles. The van der Waals surface area contributed by atoms with Crippen molar-refractivity contribution in [1.29, 1.82) is 0 Å². The summed E-state index contributed by atoms with van der Waals surface area (Å²) >= 11 is 0. The Balaban J connectivity index is 4.17. The first kappa shape index (κ1) is 12.4. The third-order valence-corrected chi connectivity index (χ3v) is 1.51. The number of nitrogens with one attached hydrogen (secondary N) is 1. The largest absolute Gasteiger partial charge is 0.481 e. The lowest BCUT2D eigenvalue weighted by atomic mass is 10.1. The summed E-state index contributed by atoms with van der Waals surface area (Å²) < 4.78 is 4.40. The van der Waals surface area contributed by atoms with Gasteiger partial charge in [0.1, 0.15) is 6.04 Å². The van der Waals surface area contributed by atoms with Crippen molar-refractivity contribution in [3.8, 4) is 0 Å². The van der Waals surface area contributed by atoms with E-state index in [0.29, 0.717) is 0 Å². The van der Waals surface area contributed by atoms with Crippen LogP contribution in [0.2, 0.25) is 0 Å². The molecule has 0 saturated heterocycles. The van der Waals surface area contributed by atoms with Gasteiger partial charge >= 0.3 is 11.9 Å². The van der Waals surface area contributed by atoms with Crippen molar-refractivity contribution in [3.63, 3.8) is 0 Å². The van der Waals surface area contributed by atoms with Crippen LogP contribution < -0.4 is 5.32 Å². The molecule has 80 valence electrons. The van der Waals surface area contributed by atoms with Crippen LogP contribution >= 0.6 is 0 Å². The maximum absolute atomic E-state index is 11.0. The zero-order valence-corrected chi connectivity index (χ0v) is 8.07. The van der Waals surface area contributed by atoms with Crippen molar-refractivity contribution in [1.82, 2.24) is 5.32 Å². The standard InChI is InChI=1S/C8H13NO5/c1-5(10)9-6(8(13)14-2)3-4-7(11)12/h6H,3-4H2,1-2H3,(H,9,10)(H,11,12). The maximum Gasteiger partial charge on any atom is 0.328 e. The molecule has 0 saturated carbocycles. The van der Waals surface area contributed by atoms with Crippen molar-refractivity contribution in [3.05, 3.63) is 0 Å². The first-order chi connectivity index (χ1) is 6.47. The Labute approximate surface area is 81.2 Å². The molecule has 0 aliphatic carbocycles. The van der Waals surface area contributed by atoms with Crippen LogP contribution in [0.1, 0.15) is 19.8 Å². The highest BCUT2D eigenvalue weighted by Crippen LogP contribution is 1.99. The van der Waals surface area contributed by atoms with Gasteiger partial charge in [0, 0.05) is 13.3 Å². The molecule has 0 spiro atoms. The zero-order chi connectivity index (χ0) is 11.1. The topological polar surface area (TPSA) is 92.7 Å². The average Bonchev–Trinajstić information content (AvgIpc) is 2.10. The number of carbonyl (C=O) groups excluding carboxylic acids is 2. The van der Waals surface area contributed by atoms with Crippen LogP contribution in [0.5, 0.6) is 0 Å². The summed E-state index contributed by atoms with van der Waals surface area (Å²) in [6.45, 7) is 1.25. The van der Waals surface area contributed by atoms with Crippen LogP contribution in [-0.2, 0) is 19.1 Å². The quantitative estimate of drug-likeness (QED) is 0.589. The maximum atomic E-state index is 11.0. The number of carboxylic acids is 1. The molecule has 0 bridgehead atoms. The fourth-order valence-electron chi connectivity index (χ4n) is 0.904. The van der Waals surface area contributed by atoms with Crippen LogP contribution in [0.25, 0.3) is 0 Å². The molecular formula is C8H13NO5. The molecule has 0 aliphatic heterocycles. The molecule has 0 aromatic heterocycles. The van der Waals surface area contributed by atoms with Crippen molar-refractivity contribution in [2.75, 3.05) is 7.11 Å². The molecule has 1 unspecified atom stereocenters.